The maximum Gasteiger partial charge on any atom is 0.162 e. The van der Waals surface area contributed by atoms with Crippen LogP contribution in [0, 0.1) is 0 Å². The molecule has 0 aliphatic carbocycles. The molecule has 2 aromatic heterocycles. The Morgan fingerprint density at radius 2 is 2.00 bits per heavy atom. The van der Waals surface area contributed by atoms with Gasteiger partial charge in [0.15, 0.2) is 5.82 Å². The van der Waals surface area contributed by atoms with Gasteiger partial charge < -0.3 is 4.74 Å². The molecule has 0 unspecified atom stereocenters. The second kappa shape index (κ2) is 5.89. The van der Waals surface area contributed by atoms with Crippen molar-refractivity contribution in [3.63, 3.8) is 0 Å². The van der Waals surface area contributed by atoms with Crippen molar-refractivity contribution in [3.05, 3.63) is 29.4 Å². The van der Waals surface area contributed by atoms with Gasteiger partial charge in [0, 0.05) is 32.0 Å². The minimum absolute atomic E-state index is 0.414. The third-order valence-corrected chi connectivity index (χ3v) is 3.83. The molecule has 0 aliphatic rings. The number of rotatable bonds is 5. The molecule has 20 heavy (non-hydrogen) atoms. The van der Waals surface area contributed by atoms with Gasteiger partial charge in [-0.25, -0.2) is 9.97 Å². The van der Waals surface area contributed by atoms with Gasteiger partial charge in [0.1, 0.15) is 10.8 Å². The summed E-state index contributed by atoms with van der Waals surface area (Å²) in [5.41, 5.74) is 1.17. The number of ether oxygens (including phenoxy) is 1. The molecule has 0 fully saturated rings. The fourth-order valence-corrected chi connectivity index (χ4v) is 2.45. The molecule has 0 aliphatic heterocycles. The summed E-state index contributed by atoms with van der Waals surface area (Å²) < 4.78 is 7.40. The van der Waals surface area contributed by atoms with E-state index in [0.717, 1.165) is 24.1 Å². The van der Waals surface area contributed by atoms with Gasteiger partial charge in [-0.1, -0.05) is 25.4 Å². The van der Waals surface area contributed by atoms with Gasteiger partial charge in [-0.3, -0.25) is 4.68 Å². The Morgan fingerprint density at radius 3 is 2.50 bits per heavy atom. The molecule has 0 atom stereocenters. The van der Waals surface area contributed by atoms with Crippen LogP contribution < -0.4 is 0 Å². The molecule has 2 heterocycles. The minimum Gasteiger partial charge on any atom is -0.370 e. The highest BCUT2D eigenvalue weighted by molar-refractivity contribution is 6.29. The van der Waals surface area contributed by atoms with Crippen molar-refractivity contribution in [2.24, 2.45) is 7.05 Å². The fourth-order valence-electron chi connectivity index (χ4n) is 2.27. The Labute approximate surface area is 124 Å². The third-order valence-electron chi connectivity index (χ3n) is 3.64. The maximum absolute atomic E-state index is 6.15. The summed E-state index contributed by atoms with van der Waals surface area (Å²) in [7, 11) is 3.55. The van der Waals surface area contributed by atoms with Gasteiger partial charge in [0.25, 0.3) is 0 Å². The molecule has 0 radical (unpaired) electrons. The topological polar surface area (TPSA) is 52.8 Å². The number of aryl methyl sites for hydroxylation is 1. The largest absolute Gasteiger partial charge is 0.370 e. The number of halogens is 1. The van der Waals surface area contributed by atoms with E-state index in [-0.39, 0.29) is 0 Å². The van der Waals surface area contributed by atoms with Crippen molar-refractivity contribution in [3.8, 4) is 11.3 Å². The molecule has 108 valence electrons. The van der Waals surface area contributed by atoms with E-state index >= 15 is 0 Å². The molecular formula is C14H19ClN4O. The van der Waals surface area contributed by atoms with Crippen LogP contribution in [0.2, 0.25) is 5.15 Å². The molecule has 0 amide bonds. The number of hydrogen-bond donors (Lipinski definition) is 0. The van der Waals surface area contributed by atoms with Crippen LogP contribution in [0.1, 0.15) is 32.5 Å². The predicted molar refractivity (Wildman–Crippen MR) is 78.5 cm³/mol. The van der Waals surface area contributed by atoms with E-state index in [1.54, 1.807) is 24.1 Å². The van der Waals surface area contributed by atoms with E-state index in [0.29, 0.717) is 11.0 Å². The number of aromatic nitrogens is 4. The van der Waals surface area contributed by atoms with Crippen molar-refractivity contribution in [1.29, 1.82) is 0 Å². The van der Waals surface area contributed by atoms with Crippen molar-refractivity contribution >= 4 is 11.6 Å². The summed E-state index contributed by atoms with van der Waals surface area (Å²) in [5, 5.41) is 4.57. The summed E-state index contributed by atoms with van der Waals surface area (Å²) >= 11 is 6.15. The highest BCUT2D eigenvalue weighted by atomic mass is 35.5. The number of hydrogen-bond acceptors (Lipinski definition) is 4. The van der Waals surface area contributed by atoms with Gasteiger partial charge >= 0.3 is 0 Å². The average Bonchev–Trinajstić information content (AvgIpc) is 2.88. The minimum atomic E-state index is -0.498. The van der Waals surface area contributed by atoms with Crippen molar-refractivity contribution in [1.82, 2.24) is 19.7 Å². The highest BCUT2D eigenvalue weighted by Gasteiger charge is 2.32. The molecule has 0 aromatic carbocycles. The molecule has 0 N–H and O–H groups in total. The smallest absolute Gasteiger partial charge is 0.162 e. The zero-order valence-corrected chi connectivity index (χ0v) is 13.0. The van der Waals surface area contributed by atoms with Crippen LogP contribution in [0.3, 0.4) is 0 Å². The van der Waals surface area contributed by atoms with Crippen LogP contribution in [0.15, 0.2) is 18.5 Å². The van der Waals surface area contributed by atoms with E-state index in [1.165, 1.54) is 0 Å². The van der Waals surface area contributed by atoms with Crippen molar-refractivity contribution in [2.75, 3.05) is 7.11 Å². The van der Waals surface area contributed by atoms with Crippen LogP contribution in [-0.2, 0) is 17.4 Å². The second-order valence-electron chi connectivity index (χ2n) is 4.71. The first-order valence-electron chi connectivity index (χ1n) is 6.64. The summed E-state index contributed by atoms with van der Waals surface area (Å²) in [6.45, 7) is 4.11. The van der Waals surface area contributed by atoms with E-state index in [9.17, 15) is 0 Å². The zero-order chi connectivity index (χ0) is 14.8. The van der Waals surface area contributed by atoms with Crippen LogP contribution in [0.25, 0.3) is 11.3 Å². The summed E-state index contributed by atoms with van der Waals surface area (Å²) in [5.74, 6) is 0.622. The Kier molecular flexibility index (Phi) is 4.40. The monoisotopic (exact) mass is 294 g/mol. The lowest BCUT2D eigenvalue weighted by Crippen LogP contribution is -2.29. The molecule has 0 spiro atoms. The van der Waals surface area contributed by atoms with E-state index < -0.39 is 5.60 Å². The molecular weight excluding hydrogens is 276 g/mol. The molecule has 5 nitrogen and oxygen atoms in total. The quantitative estimate of drug-likeness (QED) is 0.795. The lowest BCUT2D eigenvalue weighted by atomic mass is 9.96. The first kappa shape index (κ1) is 14.9. The standard InChI is InChI=1S/C14H19ClN4O/c1-5-14(6-2,20-4)13-17-11(7-12(15)18-13)10-8-16-19(3)9-10/h7-9H,5-6H2,1-4H3. The van der Waals surface area contributed by atoms with Gasteiger partial charge in [-0.05, 0) is 12.8 Å². The van der Waals surface area contributed by atoms with Gasteiger partial charge in [0.2, 0.25) is 0 Å². The number of nitrogens with zero attached hydrogens (tertiary/aromatic N) is 4. The lowest BCUT2D eigenvalue weighted by molar-refractivity contribution is -0.0290. The molecule has 6 heteroatoms. The average molecular weight is 295 g/mol. The highest BCUT2D eigenvalue weighted by Crippen LogP contribution is 2.32. The zero-order valence-electron chi connectivity index (χ0n) is 12.2. The first-order valence-corrected chi connectivity index (χ1v) is 7.01. The molecule has 2 rings (SSSR count). The van der Waals surface area contributed by atoms with Crippen molar-refractivity contribution in [2.45, 2.75) is 32.3 Å². The predicted octanol–water partition coefficient (Wildman–Crippen LogP) is 3.19. The van der Waals surface area contributed by atoms with Crippen LogP contribution >= 0.6 is 11.6 Å². The molecule has 2 aromatic rings. The van der Waals surface area contributed by atoms with Crippen LogP contribution in [0.4, 0.5) is 0 Å². The summed E-state index contributed by atoms with van der Waals surface area (Å²) in [4.78, 5) is 8.98. The van der Waals surface area contributed by atoms with Crippen LogP contribution in [0.5, 0.6) is 0 Å². The normalized spacial score (nSPS) is 11.8. The summed E-state index contributed by atoms with van der Waals surface area (Å²) in [6.07, 6.45) is 5.23. The Hall–Kier alpha value is -1.46. The van der Waals surface area contributed by atoms with Gasteiger partial charge in [-0.2, -0.15) is 5.10 Å². The Balaban J connectivity index is 2.53. The van der Waals surface area contributed by atoms with Crippen LogP contribution in [-0.4, -0.2) is 26.9 Å². The third kappa shape index (κ3) is 2.69. The molecule has 0 saturated carbocycles. The fraction of sp³-hybridized carbons (Fsp3) is 0.500. The first-order chi connectivity index (χ1) is 9.54. The van der Waals surface area contributed by atoms with Crippen molar-refractivity contribution < 1.29 is 4.74 Å². The van der Waals surface area contributed by atoms with E-state index in [1.807, 2.05) is 13.2 Å². The summed E-state index contributed by atoms with van der Waals surface area (Å²) in [6, 6.07) is 1.74. The number of methoxy groups -OCH3 is 1. The van der Waals surface area contributed by atoms with E-state index in [2.05, 4.69) is 28.9 Å². The SMILES string of the molecule is CCC(CC)(OC)c1nc(Cl)cc(-c2cnn(C)c2)n1. The van der Waals surface area contributed by atoms with E-state index in [4.69, 9.17) is 16.3 Å². The second-order valence-corrected chi connectivity index (χ2v) is 5.09. The maximum atomic E-state index is 6.15. The Morgan fingerprint density at radius 1 is 1.30 bits per heavy atom. The lowest BCUT2D eigenvalue weighted by Gasteiger charge is -2.28. The molecule has 0 bridgehead atoms. The Bertz CT molecular complexity index is 584. The van der Waals surface area contributed by atoms with Gasteiger partial charge in [0.05, 0.1) is 11.9 Å². The van der Waals surface area contributed by atoms with Gasteiger partial charge in [-0.15, -0.1) is 0 Å². The molecule has 0 saturated heterocycles.